The number of nitrogens with zero attached hydrogens (tertiary/aromatic N) is 3. The fraction of sp³-hybridized carbons (Fsp3) is 0.222. The molecule has 0 N–H and O–H groups in total. The third-order valence-electron chi connectivity index (χ3n) is 4.02. The zero-order chi connectivity index (χ0) is 15.6. The first-order valence-corrected chi connectivity index (χ1v) is 7.62. The van der Waals surface area contributed by atoms with E-state index in [1.54, 1.807) is 6.20 Å². The number of carbonyl (C=O) groups is 1. The molecule has 0 bridgehead atoms. The van der Waals surface area contributed by atoms with Gasteiger partial charge in [-0.3, -0.25) is 9.78 Å². The molecule has 0 saturated carbocycles. The first-order valence-electron chi connectivity index (χ1n) is 7.62. The summed E-state index contributed by atoms with van der Waals surface area (Å²) in [5.41, 5.74) is 4.23. The van der Waals surface area contributed by atoms with E-state index in [0.717, 1.165) is 34.9 Å². The second-order valence-electron chi connectivity index (χ2n) is 5.63. The lowest BCUT2D eigenvalue weighted by Crippen LogP contribution is -2.11. The minimum atomic E-state index is 0.0657. The van der Waals surface area contributed by atoms with Gasteiger partial charge in [0.05, 0.1) is 30.1 Å². The van der Waals surface area contributed by atoms with Crippen LogP contribution in [-0.4, -0.2) is 28.8 Å². The van der Waals surface area contributed by atoms with E-state index in [2.05, 4.69) is 15.2 Å². The Hall–Kier alpha value is -2.82. The molecule has 0 saturated heterocycles. The van der Waals surface area contributed by atoms with Crippen molar-refractivity contribution < 1.29 is 9.53 Å². The average molecular weight is 305 g/mol. The zero-order valence-electron chi connectivity index (χ0n) is 12.5. The topological polar surface area (TPSA) is 63.9 Å². The van der Waals surface area contributed by atoms with Crippen molar-refractivity contribution in [2.75, 3.05) is 6.61 Å². The van der Waals surface area contributed by atoms with Gasteiger partial charge in [0.15, 0.2) is 5.78 Å². The summed E-state index contributed by atoms with van der Waals surface area (Å²) in [6.45, 7) is 0.695. The molecule has 0 amide bonds. The van der Waals surface area contributed by atoms with Crippen LogP contribution in [0.2, 0.25) is 0 Å². The maximum absolute atomic E-state index is 12.5. The minimum absolute atomic E-state index is 0.0657. The fourth-order valence-electron chi connectivity index (χ4n) is 2.82. The van der Waals surface area contributed by atoms with Gasteiger partial charge in [-0.25, -0.2) is 0 Å². The summed E-state index contributed by atoms with van der Waals surface area (Å²) >= 11 is 0. The maximum atomic E-state index is 12.5. The van der Waals surface area contributed by atoms with Gasteiger partial charge < -0.3 is 4.74 Å². The Morgan fingerprint density at radius 2 is 2.13 bits per heavy atom. The highest BCUT2D eigenvalue weighted by atomic mass is 16.5. The Balaban J connectivity index is 1.43. The zero-order valence-corrected chi connectivity index (χ0v) is 12.5. The number of ketones is 1. The highest BCUT2D eigenvalue weighted by Gasteiger charge is 2.20. The molecule has 114 valence electrons. The first-order chi connectivity index (χ1) is 11.3. The molecule has 2 aromatic rings. The third kappa shape index (κ3) is 2.77. The number of hydrogen-bond acceptors (Lipinski definition) is 5. The van der Waals surface area contributed by atoms with Gasteiger partial charge in [-0.1, -0.05) is 6.07 Å². The van der Waals surface area contributed by atoms with E-state index in [4.69, 9.17) is 4.74 Å². The summed E-state index contributed by atoms with van der Waals surface area (Å²) in [5.74, 6) is 0.955. The Labute approximate surface area is 133 Å². The van der Waals surface area contributed by atoms with Crippen LogP contribution in [0.15, 0.2) is 52.8 Å². The first kappa shape index (κ1) is 13.8. The normalized spacial score (nSPS) is 15.7. The van der Waals surface area contributed by atoms with Gasteiger partial charge in [-0.15, -0.1) is 0 Å². The number of carbonyl (C=O) groups excluding carboxylic acids is 1. The molecule has 0 atom stereocenters. The van der Waals surface area contributed by atoms with Crippen LogP contribution in [0.25, 0.3) is 0 Å². The Morgan fingerprint density at radius 3 is 3.00 bits per heavy atom. The summed E-state index contributed by atoms with van der Waals surface area (Å²) in [5, 5.41) is 8.31. The average Bonchev–Trinajstić information content (AvgIpc) is 3.24. The predicted octanol–water partition coefficient (Wildman–Crippen LogP) is 2.84. The summed E-state index contributed by atoms with van der Waals surface area (Å²) < 4.78 is 5.47. The summed E-state index contributed by atoms with van der Waals surface area (Å²) in [7, 11) is 0. The molecule has 1 aromatic carbocycles. The molecule has 5 heteroatoms. The Morgan fingerprint density at radius 1 is 1.17 bits per heavy atom. The van der Waals surface area contributed by atoms with Crippen LogP contribution in [0.1, 0.15) is 34.5 Å². The number of ether oxygens (including phenoxy) is 1. The smallest absolute Gasteiger partial charge is 0.168 e. The Bertz CT molecular complexity index is 825. The number of pyridine rings is 1. The lowest BCUT2D eigenvalue weighted by Gasteiger charge is -2.04. The SMILES string of the molecule is O=C(CC1=NN=C(c2ccccn2)C1)c1ccc2c(c1)CCO2. The fourth-order valence-corrected chi connectivity index (χ4v) is 2.82. The summed E-state index contributed by atoms with van der Waals surface area (Å²) in [4.78, 5) is 16.7. The van der Waals surface area contributed by atoms with Crippen molar-refractivity contribution >= 4 is 17.2 Å². The Kier molecular flexibility index (Phi) is 3.46. The van der Waals surface area contributed by atoms with Gasteiger partial charge in [0.1, 0.15) is 5.75 Å². The molecule has 5 nitrogen and oxygen atoms in total. The van der Waals surface area contributed by atoms with Crippen molar-refractivity contribution in [3.63, 3.8) is 0 Å². The summed E-state index contributed by atoms with van der Waals surface area (Å²) in [6, 6.07) is 11.3. The van der Waals surface area contributed by atoms with E-state index in [0.29, 0.717) is 25.0 Å². The van der Waals surface area contributed by atoms with Crippen LogP contribution in [0, 0.1) is 0 Å². The number of hydrogen-bond donors (Lipinski definition) is 0. The molecule has 0 aliphatic carbocycles. The molecule has 3 heterocycles. The number of aromatic nitrogens is 1. The quantitative estimate of drug-likeness (QED) is 0.816. The van der Waals surface area contributed by atoms with E-state index >= 15 is 0 Å². The van der Waals surface area contributed by atoms with Crippen molar-refractivity contribution in [1.82, 2.24) is 4.98 Å². The van der Waals surface area contributed by atoms with Crippen LogP contribution >= 0.6 is 0 Å². The largest absolute Gasteiger partial charge is 0.493 e. The number of fused-ring (bicyclic) bond motifs is 1. The molecule has 2 aliphatic rings. The lowest BCUT2D eigenvalue weighted by atomic mass is 10.00. The monoisotopic (exact) mass is 305 g/mol. The number of Topliss-reactive ketones (excluding diaryl/α,β-unsaturated/α-hetero) is 1. The van der Waals surface area contributed by atoms with Crippen LogP contribution in [0.4, 0.5) is 0 Å². The number of rotatable bonds is 4. The van der Waals surface area contributed by atoms with Crippen molar-refractivity contribution in [3.05, 3.63) is 59.4 Å². The van der Waals surface area contributed by atoms with Crippen LogP contribution in [0.5, 0.6) is 5.75 Å². The standard InChI is InChI=1S/C18H15N3O2/c22-17(12-4-5-18-13(9-12)6-8-23-18)11-14-10-16(21-20-14)15-3-1-2-7-19-15/h1-5,7,9H,6,8,10-11H2. The lowest BCUT2D eigenvalue weighted by molar-refractivity contribution is 0.100. The van der Waals surface area contributed by atoms with Crippen LogP contribution < -0.4 is 4.74 Å². The van der Waals surface area contributed by atoms with Gasteiger partial charge >= 0.3 is 0 Å². The summed E-state index contributed by atoms with van der Waals surface area (Å²) in [6.07, 6.45) is 3.47. The van der Waals surface area contributed by atoms with Gasteiger partial charge in [0.2, 0.25) is 0 Å². The molecule has 0 spiro atoms. The van der Waals surface area contributed by atoms with E-state index < -0.39 is 0 Å². The van der Waals surface area contributed by atoms with Crippen molar-refractivity contribution in [1.29, 1.82) is 0 Å². The van der Waals surface area contributed by atoms with E-state index in [-0.39, 0.29) is 5.78 Å². The molecular formula is C18H15N3O2. The number of benzene rings is 1. The molecule has 4 rings (SSSR count). The second-order valence-corrected chi connectivity index (χ2v) is 5.63. The predicted molar refractivity (Wildman–Crippen MR) is 87.4 cm³/mol. The molecule has 0 unspecified atom stereocenters. The van der Waals surface area contributed by atoms with Crippen molar-refractivity contribution in [3.8, 4) is 5.75 Å². The van der Waals surface area contributed by atoms with Crippen molar-refractivity contribution in [2.45, 2.75) is 19.3 Å². The van der Waals surface area contributed by atoms with Gasteiger partial charge in [0, 0.05) is 24.6 Å². The van der Waals surface area contributed by atoms with Gasteiger partial charge in [0.25, 0.3) is 0 Å². The highest BCUT2D eigenvalue weighted by Crippen LogP contribution is 2.26. The van der Waals surface area contributed by atoms with E-state index in [1.807, 2.05) is 36.4 Å². The molecule has 2 aliphatic heterocycles. The molecule has 23 heavy (non-hydrogen) atoms. The van der Waals surface area contributed by atoms with E-state index in [1.165, 1.54) is 0 Å². The van der Waals surface area contributed by atoms with E-state index in [9.17, 15) is 4.79 Å². The molecular weight excluding hydrogens is 290 g/mol. The van der Waals surface area contributed by atoms with Gasteiger partial charge in [-0.05, 0) is 35.9 Å². The second kappa shape index (κ2) is 5.76. The molecule has 0 radical (unpaired) electrons. The highest BCUT2D eigenvalue weighted by molar-refractivity contribution is 6.20. The van der Waals surface area contributed by atoms with Gasteiger partial charge in [-0.2, -0.15) is 10.2 Å². The molecule has 0 fully saturated rings. The molecule has 1 aromatic heterocycles. The minimum Gasteiger partial charge on any atom is -0.493 e. The van der Waals surface area contributed by atoms with Crippen molar-refractivity contribution in [2.24, 2.45) is 10.2 Å². The third-order valence-corrected chi connectivity index (χ3v) is 4.02. The van der Waals surface area contributed by atoms with Crippen LogP contribution in [0.3, 0.4) is 0 Å². The van der Waals surface area contributed by atoms with Crippen LogP contribution in [-0.2, 0) is 6.42 Å². The maximum Gasteiger partial charge on any atom is 0.168 e.